The van der Waals surface area contributed by atoms with Crippen molar-refractivity contribution >= 4 is 0 Å². The van der Waals surface area contributed by atoms with Gasteiger partial charge in [-0.15, -0.1) is 0 Å². The summed E-state index contributed by atoms with van der Waals surface area (Å²) in [7, 11) is 0. The van der Waals surface area contributed by atoms with Gasteiger partial charge in [0.05, 0.1) is 5.69 Å². The highest BCUT2D eigenvalue weighted by Crippen LogP contribution is 2.40. The second kappa shape index (κ2) is 3.63. The molecule has 1 fully saturated rings. The Bertz CT molecular complexity index is 339. The van der Waals surface area contributed by atoms with Gasteiger partial charge in [-0.3, -0.25) is 0 Å². The fourth-order valence-corrected chi connectivity index (χ4v) is 1.89. The lowest BCUT2D eigenvalue weighted by Gasteiger charge is -2.12. The van der Waals surface area contributed by atoms with E-state index in [2.05, 4.69) is 32.0 Å². The van der Waals surface area contributed by atoms with Gasteiger partial charge in [-0.2, -0.15) is 0 Å². The third kappa shape index (κ3) is 2.40. The van der Waals surface area contributed by atoms with Gasteiger partial charge in [0, 0.05) is 23.4 Å². The van der Waals surface area contributed by atoms with Gasteiger partial charge < -0.3 is 10.3 Å². The zero-order valence-electron chi connectivity index (χ0n) is 9.79. The van der Waals surface area contributed by atoms with Crippen LogP contribution >= 0.6 is 0 Å². The first-order valence-electron chi connectivity index (χ1n) is 5.75. The summed E-state index contributed by atoms with van der Waals surface area (Å²) in [6, 6.07) is 2.07. The van der Waals surface area contributed by atoms with Crippen LogP contribution in [0.3, 0.4) is 0 Å². The van der Waals surface area contributed by atoms with E-state index in [1.54, 1.807) is 0 Å². The Kier molecular flexibility index (Phi) is 2.59. The largest absolute Gasteiger partial charge is 0.361 e. The van der Waals surface area contributed by atoms with Gasteiger partial charge in [0.2, 0.25) is 0 Å². The Balaban J connectivity index is 2.01. The normalized spacial score (nSPS) is 20.6. The van der Waals surface area contributed by atoms with Crippen LogP contribution in [-0.2, 0) is 0 Å². The molecular weight excluding hydrogens is 188 g/mol. The third-order valence-electron chi connectivity index (χ3n) is 3.23. The molecule has 15 heavy (non-hydrogen) atoms. The van der Waals surface area contributed by atoms with Crippen LogP contribution < -0.4 is 5.73 Å². The summed E-state index contributed by atoms with van der Waals surface area (Å²) < 4.78 is 5.29. The van der Waals surface area contributed by atoms with Crippen molar-refractivity contribution in [1.29, 1.82) is 0 Å². The van der Waals surface area contributed by atoms with Gasteiger partial charge in [0.15, 0.2) is 0 Å². The third-order valence-corrected chi connectivity index (χ3v) is 3.23. The van der Waals surface area contributed by atoms with Crippen molar-refractivity contribution in [1.82, 2.24) is 5.16 Å². The summed E-state index contributed by atoms with van der Waals surface area (Å²) in [6.07, 6.45) is 3.34. The molecule has 1 aromatic heterocycles. The molecule has 1 aromatic rings. The first-order chi connectivity index (χ1) is 7.00. The average Bonchev–Trinajstić information content (AvgIpc) is 2.70. The predicted octanol–water partition coefficient (Wildman–Crippen LogP) is 2.78. The quantitative estimate of drug-likeness (QED) is 0.827. The molecule has 0 spiro atoms. The molecule has 1 unspecified atom stereocenters. The minimum absolute atomic E-state index is 0.0936. The molecule has 1 atom stereocenters. The van der Waals surface area contributed by atoms with E-state index < -0.39 is 0 Å². The molecule has 0 radical (unpaired) electrons. The minimum Gasteiger partial charge on any atom is -0.361 e. The van der Waals surface area contributed by atoms with Crippen molar-refractivity contribution in [3.8, 4) is 0 Å². The summed E-state index contributed by atoms with van der Waals surface area (Å²) in [5, 5.41) is 4.12. The monoisotopic (exact) mass is 208 g/mol. The van der Waals surface area contributed by atoms with Gasteiger partial charge in [0.1, 0.15) is 5.76 Å². The van der Waals surface area contributed by atoms with Gasteiger partial charge in [-0.1, -0.05) is 25.9 Å². The zero-order chi connectivity index (χ0) is 11.1. The molecule has 2 N–H and O–H groups in total. The Morgan fingerprint density at radius 1 is 1.47 bits per heavy atom. The fourth-order valence-electron chi connectivity index (χ4n) is 1.89. The van der Waals surface area contributed by atoms with Crippen molar-refractivity contribution < 1.29 is 4.52 Å². The number of nitrogens with zero attached hydrogens (tertiary/aromatic N) is 1. The van der Waals surface area contributed by atoms with E-state index in [0.717, 1.165) is 30.7 Å². The van der Waals surface area contributed by atoms with Crippen LogP contribution in [0.25, 0.3) is 0 Å². The lowest BCUT2D eigenvalue weighted by atomic mass is 9.97. The predicted molar refractivity (Wildman–Crippen MR) is 59.8 cm³/mol. The van der Waals surface area contributed by atoms with Crippen molar-refractivity contribution in [3.05, 3.63) is 17.5 Å². The molecule has 0 saturated heterocycles. The second-order valence-electron chi connectivity index (χ2n) is 5.28. The zero-order valence-corrected chi connectivity index (χ0v) is 9.79. The van der Waals surface area contributed by atoms with Crippen LogP contribution in [0.1, 0.15) is 63.3 Å². The molecular formula is C12H20N2O. The molecule has 1 aliphatic carbocycles. The number of hydrogen-bond acceptors (Lipinski definition) is 3. The van der Waals surface area contributed by atoms with Gasteiger partial charge in [-0.25, -0.2) is 0 Å². The van der Waals surface area contributed by atoms with Gasteiger partial charge in [0.25, 0.3) is 0 Å². The molecule has 3 heteroatoms. The van der Waals surface area contributed by atoms with E-state index in [-0.39, 0.29) is 5.54 Å². The van der Waals surface area contributed by atoms with Gasteiger partial charge in [-0.05, 0) is 19.3 Å². The lowest BCUT2D eigenvalue weighted by Crippen LogP contribution is -2.23. The molecule has 2 rings (SSSR count). The molecule has 0 bridgehead atoms. The molecule has 0 amide bonds. The van der Waals surface area contributed by atoms with E-state index in [0.29, 0.717) is 11.8 Å². The Hall–Kier alpha value is -0.830. The minimum atomic E-state index is 0.0936. The molecule has 1 aliphatic rings. The smallest absolute Gasteiger partial charge is 0.139 e. The number of nitrogens with two attached hydrogens (primary N) is 1. The summed E-state index contributed by atoms with van der Waals surface area (Å²) in [6.45, 7) is 6.40. The molecule has 84 valence electrons. The highest BCUT2D eigenvalue weighted by Gasteiger charge is 2.39. The maximum absolute atomic E-state index is 6.09. The first-order valence-corrected chi connectivity index (χ1v) is 5.75. The van der Waals surface area contributed by atoms with Crippen LogP contribution in [-0.4, -0.2) is 10.7 Å². The summed E-state index contributed by atoms with van der Waals surface area (Å²) in [5.41, 5.74) is 7.24. The molecule has 0 aliphatic heterocycles. The van der Waals surface area contributed by atoms with E-state index >= 15 is 0 Å². The molecule has 1 saturated carbocycles. The average molecular weight is 208 g/mol. The van der Waals surface area contributed by atoms with Crippen molar-refractivity contribution in [2.45, 2.75) is 57.4 Å². The van der Waals surface area contributed by atoms with E-state index in [1.165, 1.54) is 0 Å². The van der Waals surface area contributed by atoms with Gasteiger partial charge >= 0.3 is 0 Å². The molecule has 1 heterocycles. The highest BCUT2D eigenvalue weighted by molar-refractivity contribution is 5.15. The summed E-state index contributed by atoms with van der Waals surface area (Å²) in [5.74, 6) is 1.79. The van der Waals surface area contributed by atoms with Crippen molar-refractivity contribution in [2.24, 2.45) is 5.73 Å². The maximum Gasteiger partial charge on any atom is 0.139 e. The molecule has 0 aromatic carbocycles. The second-order valence-corrected chi connectivity index (χ2v) is 5.28. The highest BCUT2D eigenvalue weighted by atomic mass is 16.5. The number of rotatable bonds is 4. The lowest BCUT2D eigenvalue weighted by molar-refractivity contribution is 0.359. The summed E-state index contributed by atoms with van der Waals surface area (Å²) in [4.78, 5) is 0. The van der Waals surface area contributed by atoms with Crippen LogP contribution in [0, 0.1) is 0 Å². The van der Waals surface area contributed by atoms with Crippen LogP contribution in [0.15, 0.2) is 10.6 Å². The van der Waals surface area contributed by atoms with E-state index in [9.17, 15) is 0 Å². The van der Waals surface area contributed by atoms with Crippen LogP contribution in [0.5, 0.6) is 0 Å². The van der Waals surface area contributed by atoms with Crippen LogP contribution in [0.4, 0.5) is 0 Å². The Labute approximate surface area is 91.0 Å². The molecule has 3 nitrogen and oxygen atoms in total. The van der Waals surface area contributed by atoms with Crippen molar-refractivity contribution in [3.63, 3.8) is 0 Å². The van der Waals surface area contributed by atoms with E-state index in [4.69, 9.17) is 10.3 Å². The van der Waals surface area contributed by atoms with Crippen LogP contribution in [0.2, 0.25) is 0 Å². The van der Waals surface area contributed by atoms with E-state index in [1.807, 2.05) is 0 Å². The summed E-state index contributed by atoms with van der Waals surface area (Å²) >= 11 is 0. The van der Waals surface area contributed by atoms with Crippen molar-refractivity contribution in [2.75, 3.05) is 0 Å². The number of hydrogen-bond donors (Lipinski definition) is 1. The Morgan fingerprint density at radius 2 is 2.13 bits per heavy atom. The Morgan fingerprint density at radius 3 is 2.60 bits per heavy atom. The standard InChI is InChI=1S/C12H20N2O/c1-8(2)11-6-10(14-15-11)9(3)7-12(13)4-5-12/h6,8-9H,4-5,7,13H2,1-3H3. The SMILES string of the molecule is CC(C)c1cc(C(C)CC2(N)CC2)no1. The topological polar surface area (TPSA) is 52.0 Å². The number of aromatic nitrogens is 1. The first kappa shape index (κ1) is 10.7. The fraction of sp³-hybridized carbons (Fsp3) is 0.750. The maximum atomic E-state index is 6.09.